The second kappa shape index (κ2) is 5.87. The maximum Gasteiger partial charge on any atom is 0.417 e. The van der Waals surface area contributed by atoms with Gasteiger partial charge in [-0.1, -0.05) is 0 Å². The molecule has 0 atom stereocenters. The molecule has 1 saturated heterocycles. The Balaban J connectivity index is 2.17. The van der Waals surface area contributed by atoms with Crippen molar-refractivity contribution in [3.8, 4) is 0 Å². The number of pyridine rings is 1. The highest BCUT2D eigenvalue weighted by Crippen LogP contribution is 2.31. The molecule has 1 aromatic heterocycles. The van der Waals surface area contributed by atoms with E-state index < -0.39 is 17.6 Å². The standard InChI is InChI=1S/C13H15F4N3O/c1-9(21)19-3-2-4-20(6-5-19)12-11(14)7-10(8-18-12)13(15,16)17/h7-8H,2-6H2,1H3. The lowest BCUT2D eigenvalue weighted by Gasteiger charge is -2.23. The van der Waals surface area contributed by atoms with Gasteiger partial charge in [0.05, 0.1) is 5.56 Å². The number of hydrogen-bond donors (Lipinski definition) is 0. The number of rotatable bonds is 1. The van der Waals surface area contributed by atoms with Crippen LogP contribution in [0.5, 0.6) is 0 Å². The zero-order valence-corrected chi connectivity index (χ0v) is 11.5. The van der Waals surface area contributed by atoms with E-state index in [-0.39, 0.29) is 11.7 Å². The van der Waals surface area contributed by atoms with Crippen molar-refractivity contribution in [2.24, 2.45) is 0 Å². The van der Waals surface area contributed by atoms with Crippen LogP contribution in [0.25, 0.3) is 0 Å². The van der Waals surface area contributed by atoms with Crippen LogP contribution in [-0.2, 0) is 11.0 Å². The first-order chi connectivity index (χ1) is 9.79. The van der Waals surface area contributed by atoms with E-state index in [1.54, 1.807) is 9.80 Å². The number of alkyl halides is 3. The van der Waals surface area contributed by atoms with Gasteiger partial charge in [0.1, 0.15) is 0 Å². The van der Waals surface area contributed by atoms with E-state index in [0.717, 1.165) is 0 Å². The quantitative estimate of drug-likeness (QED) is 0.747. The molecule has 0 aromatic carbocycles. The number of aromatic nitrogens is 1. The third kappa shape index (κ3) is 3.62. The first-order valence-electron chi connectivity index (χ1n) is 6.52. The van der Waals surface area contributed by atoms with E-state index in [0.29, 0.717) is 44.9 Å². The summed E-state index contributed by atoms with van der Waals surface area (Å²) in [6.45, 7) is 3.19. The molecule has 0 N–H and O–H groups in total. The average Bonchev–Trinajstić information content (AvgIpc) is 2.63. The zero-order chi connectivity index (χ0) is 15.6. The third-order valence-electron chi connectivity index (χ3n) is 3.39. The lowest BCUT2D eigenvalue weighted by atomic mass is 10.2. The normalized spacial score (nSPS) is 16.8. The second-order valence-electron chi connectivity index (χ2n) is 4.87. The fourth-order valence-corrected chi connectivity index (χ4v) is 2.26. The molecule has 1 fully saturated rings. The number of nitrogens with zero attached hydrogens (tertiary/aromatic N) is 3. The van der Waals surface area contributed by atoms with Crippen LogP contribution in [-0.4, -0.2) is 42.0 Å². The van der Waals surface area contributed by atoms with Gasteiger partial charge in [-0.15, -0.1) is 0 Å². The van der Waals surface area contributed by atoms with Crippen molar-refractivity contribution in [1.29, 1.82) is 0 Å². The van der Waals surface area contributed by atoms with E-state index in [2.05, 4.69) is 4.98 Å². The summed E-state index contributed by atoms with van der Waals surface area (Å²) in [6.07, 6.45) is -3.37. The third-order valence-corrected chi connectivity index (χ3v) is 3.39. The minimum Gasteiger partial charge on any atom is -0.352 e. The van der Waals surface area contributed by atoms with Crippen molar-refractivity contribution in [2.75, 3.05) is 31.1 Å². The SMILES string of the molecule is CC(=O)N1CCCN(c2ncc(C(F)(F)F)cc2F)CC1. The minimum atomic E-state index is -4.61. The summed E-state index contributed by atoms with van der Waals surface area (Å²) < 4.78 is 51.3. The van der Waals surface area contributed by atoms with Crippen molar-refractivity contribution in [3.63, 3.8) is 0 Å². The summed E-state index contributed by atoms with van der Waals surface area (Å²) in [5.74, 6) is -1.17. The highest BCUT2D eigenvalue weighted by atomic mass is 19.4. The van der Waals surface area contributed by atoms with Crippen LogP contribution in [0, 0.1) is 5.82 Å². The van der Waals surface area contributed by atoms with E-state index in [4.69, 9.17) is 0 Å². The molecule has 0 saturated carbocycles. The largest absolute Gasteiger partial charge is 0.417 e. The van der Waals surface area contributed by atoms with Crippen molar-refractivity contribution < 1.29 is 22.4 Å². The van der Waals surface area contributed by atoms with Crippen LogP contribution < -0.4 is 4.90 Å². The van der Waals surface area contributed by atoms with Gasteiger partial charge in [0, 0.05) is 39.3 Å². The van der Waals surface area contributed by atoms with Gasteiger partial charge in [-0.2, -0.15) is 13.2 Å². The lowest BCUT2D eigenvalue weighted by molar-refractivity contribution is -0.138. The summed E-state index contributed by atoms with van der Waals surface area (Å²) in [5, 5.41) is 0. The molecule has 0 unspecified atom stereocenters. The molecule has 1 amide bonds. The Labute approximate surface area is 119 Å². The van der Waals surface area contributed by atoms with Gasteiger partial charge in [-0.3, -0.25) is 4.79 Å². The molecular formula is C13H15F4N3O. The van der Waals surface area contributed by atoms with Crippen LogP contribution in [0.2, 0.25) is 0 Å². The maximum absolute atomic E-state index is 13.9. The smallest absolute Gasteiger partial charge is 0.352 e. The lowest BCUT2D eigenvalue weighted by Crippen LogP contribution is -2.34. The Morgan fingerprint density at radius 3 is 2.52 bits per heavy atom. The maximum atomic E-state index is 13.9. The molecular weight excluding hydrogens is 290 g/mol. The molecule has 8 heteroatoms. The van der Waals surface area contributed by atoms with Crippen LogP contribution in [0.1, 0.15) is 18.9 Å². The summed E-state index contributed by atoms with van der Waals surface area (Å²) in [4.78, 5) is 18.1. The molecule has 0 bridgehead atoms. The predicted octanol–water partition coefficient (Wildman–Crippen LogP) is 2.30. The van der Waals surface area contributed by atoms with Crippen LogP contribution in [0.4, 0.5) is 23.4 Å². The van der Waals surface area contributed by atoms with E-state index >= 15 is 0 Å². The molecule has 116 valence electrons. The topological polar surface area (TPSA) is 36.4 Å². The van der Waals surface area contributed by atoms with E-state index in [1.165, 1.54) is 6.92 Å². The highest BCUT2D eigenvalue weighted by Gasteiger charge is 2.32. The van der Waals surface area contributed by atoms with Crippen molar-refractivity contribution in [2.45, 2.75) is 19.5 Å². The molecule has 2 heterocycles. The Kier molecular flexibility index (Phi) is 4.34. The van der Waals surface area contributed by atoms with Gasteiger partial charge in [-0.05, 0) is 12.5 Å². The number of anilines is 1. The molecule has 0 radical (unpaired) electrons. The van der Waals surface area contributed by atoms with Crippen molar-refractivity contribution >= 4 is 11.7 Å². The van der Waals surface area contributed by atoms with Gasteiger partial charge >= 0.3 is 6.18 Å². The fraction of sp³-hybridized carbons (Fsp3) is 0.538. The number of halogens is 4. The van der Waals surface area contributed by atoms with Gasteiger partial charge in [0.25, 0.3) is 0 Å². The van der Waals surface area contributed by atoms with Crippen molar-refractivity contribution in [3.05, 3.63) is 23.6 Å². The van der Waals surface area contributed by atoms with E-state index in [9.17, 15) is 22.4 Å². The van der Waals surface area contributed by atoms with Gasteiger partial charge in [-0.25, -0.2) is 9.37 Å². The van der Waals surface area contributed by atoms with E-state index in [1.807, 2.05) is 0 Å². The van der Waals surface area contributed by atoms with Crippen LogP contribution >= 0.6 is 0 Å². The predicted molar refractivity (Wildman–Crippen MR) is 68.3 cm³/mol. The highest BCUT2D eigenvalue weighted by molar-refractivity contribution is 5.73. The first-order valence-corrected chi connectivity index (χ1v) is 6.52. The van der Waals surface area contributed by atoms with Crippen LogP contribution in [0.15, 0.2) is 12.3 Å². The summed E-state index contributed by atoms with van der Waals surface area (Å²) in [7, 11) is 0. The van der Waals surface area contributed by atoms with Gasteiger partial charge in [0.15, 0.2) is 11.6 Å². The molecule has 0 spiro atoms. The zero-order valence-electron chi connectivity index (χ0n) is 11.5. The Morgan fingerprint density at radius 1 is 1.24 bits per heavy atom. The number of hydrogen-bond acceptors (Lipinski definition) is 3. The fourth-order valence-electron chi connectivity index (χ4n) is 2.26. The Hall–Kier alpha value is -1.86. The average molecular weight is 305 g/mol. The monoisotopic (exact) mass is 305 g/mol. The molecule has 1 aromatic rings. The molecule has 1 aliphatic heterocycles. The molecule has 4 nitrogen and oxygen atoms in total. The molecule has 21 heavy (non-hydrogen) atoms. The Bertz CT molecular complexity index is 533. The van der Waals surface area contributed by atoms with Crippen LogP contribution in [0.3, 0.4) is 0 Å². The summed E-state index contributed by atoms with van der Waals surface area (Å²) >= 11 is 0. The second-order valence-corrected chi connectivity index (χ2v) is 4.87. The molecule has 2 rings (SSSR count). The number of carbonyl (C=O) groups excluding carboxylic acids is 1. The summed E-state index contributed by atoms with van der Waals surface area (Å²) in [6, 6.07) is 0.454. The summed E-state index contributed by atoms with van der Waals surface area (Å²) in [5.41, 5.74) is -1.11. The van der Waals surface area contributed by atoms with Gasteiger partial charge in [0.2, 0.25) is 5.91 Å². The number of carbonyl (C=O) groups is 1. The molecule has 1 aliphatic rings. The minimum absolute atomic E-state index is 0.0716. The Morgan fingerprint density at radius 2 is 1.95 bits per heavy atom. The number of amides is 1. The van der Waals surface area contributed by atoms with Crippen molar-refractivity contribution in [1.82, 2.24) is 9.88 Å². The molecule has 0 aliphatic carbocycles. The first kappa shape index (κ1) is 15.5. The van der Waals surface area contributed by atoms with Gasteiger partial charge < -0.3 is 9.80 Å².